The number of amides is 2. The van der Waals surface area contributed by atoms with Crippen LogP contribution in [-0.4, -0.2) is 43.1 Å². The molecule has 0 unspecified atom stereocenters. The Bertz CT molecular complexity index is 1060. The van der Waals surface area contributed by atoms with Crippen LogP contribution in [0.25, 0.3) is 10.9 Å². The molecule has 7 heteroatoms. The zero-order valence-corrected chi connectivity index (χ0v) is 16.9. The molecule has 3 aromatic rings. The van der Waals surface area contributed by atoms with Gasteiger partial charge in [0.05, 0.1) is 33.7 Å². The van der Waals surface area contributed by atoms with Crippen molar-refractivity contribution in [1.29, 1.82) is 0 Å². The highest BCUT2D eigenvalue weighted by atomic mass is 19.1. The Balaban J connectivity index is 1.85. The highest BCUT2D eigenvalue weighted by Crippen LogP contribution is 2.15. The van der Waals surface area contributed by atoms with Crippen LogP contribution in [0.1, 0.15) is 11.1 Å². The minimum absolute atomic E-state index is 0.180. The number of carbonyl (C=O) groups excluding carboxylic acids is 1. The molecule has 0 saturated carbocycles. The quantitative estimate of drug-likeness (QED) is 0.597. The lowest BCUT2D eigenvalue weighted by atomic mass is 10.1. The molecule has 6 nitrogen and oxygen atoms in total. The number of nitrogens with one attached hydrogen (secondary N) is 3. The van der Waals surface area contributed by atoms with E-state index in [-0.39, 0.29) is 24.0 Å². The average Bonchev–Trinajstić information content (AvgIpc) is 2.67. The number of carbonyl (C=O) groups is 1. The first-order valence-corrected chi connectivity index (χ1v) is 9.55. The van der Waals surface area contributed by atoms with Gasteiger partial charge in [-0.15, -0.1) is 0 Å². The zero-order chi connectivity index (χ0) is 21.0. The second-order valence-corrected chi connectivity index (χ2v) is 7.53. The monoisotopic (exact) mass is 397 g/mol. The molecule has 0 aliphatic rings. The first-order chi connectivity index (χ1) is 13.8. The number of aromatic nitrogens is 1. The van der Waals surface area contributed by atoms with Crippen molar-refractivity contribution in [1.82, 2.24) is 9.88 Å². The summed E-state index contributed by atoms with van der Waals surface area (Å²) in [7, 11) is 4.00. The van der Waals surface area contributed by atoms with E-state index in [0.29, 0.717) is 17.8 Å². The number of hydrogen-bond donors (Lipinski definition) is 3. The molecule has 2 aromatic carbocycles. The Hall–Kier alpha value is -3.19. The summed E-state index contributed by atoms with van der Waals surface area (Å²) >= 11 is 0. The molecule has 3 N–H and O–H groups in total. The number of nitrogens with zero attached hydrogens (tertiary/aromatic N) is 1. The molecule has 0 spiro atoms. The molecule has 0 fully saturated rings. The molecule has 29 heavy (non-hydrogen) atoms. The first kappa shape index (κ1) is 20.5. The van der Waals surface area contributed by atoms with Crippen LogP contribution < -0.4 is 15.8 Å². The number of likely N-dealkylation sites (N-methyl/N-ethyl adjacent to an activating group) is 1. The Morgan fingerprint density at radius 3 is 2.55 bits per heavy atom. The Kier molecular flexibility index (Phi) is 6.29. The van der Waals surface area contributed by atoms with Crippen LogP contribution >= 0.6 is 0 Å². The van der Waals surface area contributed by atoms with E-state index in [1.165, 1.54) is 29.2 Å². The number of anilines is 1. The molecular formula is C22H26FN4O2+. The lowest BCUT2D eigenvalue weighted by Crippen LogP contribution is -3.06. The van der Waals surface area contributed by atoms with Crippen LogP contribution in [0.3, 0.4) is 0 Å². The van der Waals surface area contributed by atoms with Gasteiger partial charge in [-0.25, -0.2) is 9.18 Å². The summed E-state index contributed by atoms with van der Waals surface area (Å²) in [6.07, 6.45) is 0. The maximum atomic E-state index is 13.1. The van der Waals surface area contributed by atoms with Crippen molar-refractivity contribution in [2.24, 2.45) is 0 Å². The topological polar surface area (TPSA) is 69.6 Å². The maximum absolute atomic E-state index is 13.1. The smallest absolute Gasteiger partial charge is 0.322 e. The summed E-state index contributed by atoms with van der Waals surface area (Å²) in [4.78, 5) is 31.1. The molecule has 0 aliphatic heterocycles. The molecule has 2 amide bonds. The number of aryl methyl sites for hydroxylation is 1. The number of urea groups is 1. The molecule has 1 heterocycles. The Labute approximate surface area is 169 Å². The van der Waals surface area contributed by atoms with Crippen LogP contribution in [0.4, 0.5) is 14.9 Å². The predicted octanol–water partition coefficient (Wildman–Crippen LogP) is 2.15. The maximum Gasteiger partial charge on any atom is 0.322 e. The van der Waals surface area contributed by atoms with E-state index < -0.39 is 0 Å². The van der Waals surface area contributed by atoms with Crippen molar-refractivity contribution in [2.45, 2.75) is 13.5 Å². The normalized spacial score (nSPS) is 11.1. The van der Waals surface area contributed by atoms with E-state index in [2.05, 4.69) is 10.3 Å². The highest BCUT2D eigenvalue weighted by Gasteiger charge is 2.17. The van der Waals surface area contributed by atoms with Crippen LogP contribution in [0.2, 0.25) is 0 Å². The fraction of sp³-hybridized carbons (Fsp3) is 0.273. The summed E-state index contributed by atoms with van der Waals surface area (Å²) in [5, 5.41) is 3.71. The predicted molar refractivity (Wildman–Crippen MR) is 113 cm³/mol. The van der Waals surface area contributed by atoms with Gasteiger partial charge in [0.2, 0.25) is 0 Å². The number of hydrogen-bond acceptors (Lipinski definition) is 2. The van der Waals surface area contributed by atoms with Gasteiger partial charge in [-0.2, -0.15) is 0 Å². The summed E-state index contributed by atoms with van der Waals surface area (Å²) in [6, 6.07) is 12.9. The number of rotatable bonds is 6. The fourth-order valence-electron chi connectivity index (χ4n) is 3.04. The van der Waals surface area contributed by atoms with Gasteiger partial charge in [0.1, 0.15) is 5.82 Å². The standard InChI is InChI=1S/C22H25FN4O2/c1-15-4-9-20-16(12-15)13-17(21(28)25-20)14-27(11-10-26(2)3)22(29)24-19-7-5-18(23)6-8-19/h4-9,12-13H,10-11,14H2,1-3H3,(H,24,29)(H,25,28)/p+1. The van der Waals surface area contributed by atoms with Gasteiger partial charge in [0.15, 0.2) is 0 Å². The van der Waals surface area contributed by atoms with Gasteiger partial charge < -0.3 is 20.1 Å². The molecular weight excluding hydrogens is 371 g/mol. The number of pyridine rings is 1. The van der Waals surface area contributed by atoms with E-state index >= 15 is 0 Å². The van der Waals surface area contributed by atoms with E-state index in [9.17, 15) is 14.0 Å². The van der Waals surface area contributed by atoms with Crippen molar-refractivity contribution < 1.29 is 14.1 Å². The van der Waals surface area contributed by atoms with Crippen molar-refractivity contribution in [3.63, 3.8) is 0 Å². The number of halogens is 1. The van der Waals surface area contributed by atoms with Gasteiger partial charge in [-0.05, 0) is 54.8 Å². The van der Waals surface area contributed by atoms with Crippen LogP contribution in [0.15, 0.2) is 53.3 Å². The number of aromatic amines is 1. The van der Waals surface area contributed by atoms with Crippen molar-refractivity contribution in [3.8, 4) is 0 Å². The zero-order valence-electron chi connectivity index (χ0n) is 16.9. The van der Waals surface area contributed by atoms with Gasteiger partial charge in [0.25, 0.3) is 5.56 Å². The first-order valence-electron chi connectivity index (χ1n) is 9.55. The Morgan fingerprint density at radius 1 is 1.14 bits per heavy atom. The molecule has 0 bridgehead atoms. The summed E-state index contributed by atoms with van der Waals surface area (Å²) in [5.41, 5.74) is 2.67. The number of H-pyrrole nitrogens is 1. The molecule has 3 rings (SSSR count). The summed E-state index contributed by atoms with van der Waals surface area (Å²) < 4.78 is 13.1. The van der Waals surface area contributed by atoms with Crippen molar-refractivity contribution in [2.75, 3.05) is 32.5 Å². The number of benzene rings is 2. The third kappa shape index (κ3) is 5.42. The third-order valence-corrected chi connectivity index (χ3v) is 4.70. The van der Waals surface area contributed by atoms with Crippen LogP contribution in [-0.2, 0) is 6.54 Å². The Morgan fingerprint density at radius 2 is 1.86 bits per heavy atom. The van der Waals surface area contributed by atoms with E-state index in [4.69, 9.17) is 0 Å². The minimum Gasteiger partial charge on any atom is -0.338 e. The molecule has 1 aromatic heterocycles. The van der Waals surface area contributed by atoms with Crippen molar-refractivity contribution in [3.05, 3.63) is 75.8 Å². The van der Waals surface area contributed by atoms with Crippen LogP contribution in [0.5, 0.6) is 0 Å². The van der Waals surface area contributed by atoms with E-state index in [0.717, 1.165) is 23.0 Å². The lowest BCUT2D eigenvalue weighted by Gasteiger charge is -2.23. The van der Waals surface area contributed by atoms with Gasteiger partial charge in [0, 0.05) is 16.8 Å². The third-order valence-electron chi connectivity index (χ3n) is 4.70. The molecule has 0 atom stereocenters. The lowest BCUT2D eigenvalue weighted by molar-refractivity contribution is -0.857. The largest absolute Gasteiger partial charge is 0.338 e. The SMILES string of the molecule is Cc1ccc2[nH]c(=O)c(CN(CC[NH+](C)C)C(=O)Nc3ccc(F)cc3)cc2c1. The van der Waals surface area contributed by atoms with Gasteiger partial charge in [-0.3, -0.25) is 4.79 Å². The second kappa shape index (κ2) is 8.87. The van der Waals surface area contributed by atoms with Crippen LogP contribution in [0, 0.1) is 12.7 Å². The van der Waals surface area contributed by atoms with Crippen molar-refractivity contribution >= 4 is 22.6 Å². The van der Waals surface area contributed by atoms with E-state index in [1.54, 1.807) is 4.90 Å². The molecule has 0 saturated heterocycles. The minimum atomic E-state index is -0.367. The summed E-state index contributed by atoms with van der Waals surface area (Å²) in [5.74, 6) is -0.367. The number of quaternary nitrogens is 1. The van der Waals surface area contributed by atoms with Gasteiger partial charge >= 0.3 is 6.03 Å². The highest BCUT2D eigenvalue weighted by molar-refractivity contribution is 5.89. The number of fused-ring (bicyclic) bond motifs is 1. The summed E-state index contributed by atoms with van der Waals surface area (Å²) in [6.45, 7) is 3.37. The molecule has 0 aliphatic carbocycles. The van der Waals surface area contributed by atoms with Gasteiger partial charge in [-0.1, -0.05) is 11.6 Å². The molecule has 152 valence electrons. The molecule has 0 radical (unpaired) electrons. The van der Waals surface area contributed by atoms with E-state index in [1.807, 2.05) is 45.3 Å². The fourth-order valence-corrected chi connectivity index (χ4v) is 3.04. The second-order valence-electron chi connectivity index (χ2n) is 7.53. The average molecular weight is 397 g/mol.